The van der Waals surface area contributed by atoms with Gasteiger partial charge in [-0.1, -0.05) is 30.3 Å². The van der Waals surface area contributed by atoms with Crippen LogP contribution in [0.5, 0.6) is 5.75 Å². The van der Waals surface area contributed by atoms with Crippen molar-refractivity contribution in [3.05, 3.63) is 60.2 Å². The molecule has 1 unspecified atom stereocenters. The number of hydrogen-bond acceptors (Lipinski definition) is 4. The van der Waals surface area contributed by atoms with Gasteiger partial charge in [-0.25, -0.2) is 0 Å². The average Bonchev–Trinajstić information content (AvgIpc) is 2.52. The molecule has 0 aliphatic carbocycles. The first-order chi connectivity index (χ1) is 10.2. The highest BCUT2D eigenvalue weighted by molar-refractivity contribution is 7.99. The summed E-state index contributed by atoms with van der Waals surface area (Å²) in [6, 6.07) is 17.7. The van der Waals surface area contributed by atoms with Crippen molar-refractivity contribution in [3.8, 4) is 5.75 Å². The Bertz CT molecular complexity index is 566. The number of methoxy groups -OCH3 is 1. The first-order valence-electron chi connectivity index (χ1n) is 6.68. The first kappa shape index (κ1) is 15.4. The summed E-state index contributed by atoms with van der Waals surface area (Å²) in [7, 11) is 1.63. The van der Waals surface area contributed by atoms with Crippen molar-refractivity contribution >= 4 is 17.7 Å². The van der Waals surface area contributed by atoms with Crippen LogP contribution < -0.4 is 4.74 Å². The van der Waals surface area contributed by atoms with Gasteiger partial charge in [-0.05, 0) is 29.8 Å². The highest BCUT2D eigenvalue weighted by Gasteiger charge is 2.15. The van der Waals surface area contributed by atoms with Crippen LogP contribution in [0.4, 0.5) is 0 Å². The van der Waals surface area contributed by atoms with Gasteiger partial charge in [0.15, 0.2) is 0 Å². The Morgan fingerprint density at radius 2 is 1.76 bits per heavy atom. The smallest absolute Gasteiger partial charge is 0.303 e. The van der Waals surface area contributed by atoms with Gasteiger partial charge >= 0.3 is 5.97 Å². The predicted octanol–water partition coefficient (Wildman–Crippen LogP) is 4.09. The molecule has 2 rings (SSSR count). The van der Waals surface area contributed by atoms with Crippen LogP contribution in [0.2, 0.25) is 0 Å². The molecule has 0 saturated carbocycles. The summed E-state index contributed by atoms with van der Waals surface area (Å²) in [5.41, 5.74) is 0.967. The summed E-state index contributed by atoms with van der Waals surface area (Å²) in [5, 5.41) is 0. The van der Waals surface area contributed by atoms with Gasteiger partial charge in [0.25, 0.3) is 0 Å². The van der Waals surface area contributed by atoms with Crippen molar-refractivity contribution in [1.29, 1.82) is 0 Å². The Hall–Kier alpha value is -1.94. The van der Waals surface area contributed by atoms with E-state index in [1.54, 1.807) is 18.9 Å². The van der Waals surface area contributed by atoms with E-state index in [0.717, 1.165) is 16.2 Å². The van der Waals surface area contributed by atoms with E-state index < -0.39 is 0 Å². The molecule has 3 nitrogen and oxygen atoms in total. The van der Waals surface area contributed by atoms with Crippen LogP contribution in [0.15, 0.2) is 59.5 Å². The highest BCUT2D eigenvalue weighted by Crippen LogP contribution is 2.28. The van der Waals surface area contributed by atoms with E-state index in [1.807, 2.05) is 54.6 Å². The quantitative estimate of drug-likeness (QED) is 0.594. The van der Waals surface area contributed by atoms with Crippen molar-refractivity contribution in [2.75, 3.05) is 12.9 Å². The SMILES string of the molecule is COc1ccc(C(CSc2ccccc2)OC(C)=O)cc1. The van der Waals surface area contributed by atoms with Gasteiger partial charge in [0.05, 0.1) is 7.11 Å². The van der Waals surface area contributed by atoms with Crippen LogP contribution >= 0.6 is 11.8 Å². The van der Waals surface area contributed by atoms with Crippen molar-refractivity contribution in [1.82, 2.24) is 0 Å². The van der Waals surface area contributed by atoms with Gasteiger partial charge in [0.1, 0.15) is 11.9 Å². The molecule has 0 aliphatic rings. The monoisotopic (exact) mass is 302 g/mol. The van der Waals surface area contributed by atoms with Crippen molar-refractivity contribution in [2.45, 2.75) is 17.9 Å². The highest BCUT2D eigenvalue weighted by atomic mass is 32.2. The molecule has 4 heteroatoms. The van der Waals surface area contributed by atoms with E-state index in [4.69, 9.17) is 9.47 Å². The van der Waals surface area contributed by atoms with Crippen LogP contribution in [0.3, 0.4) is 0 Å². The average molecular weight is 302 g/mol. The molecule has 0 aromatic heterocycles. The lowest BCUT2D eigenvalue weighted by Gasteiger charge is -2.17. The number of carbonyl (C=O) groups excluding carboxylic acids is 1. The van der Waals surface area contributed by atoms with E-state index in [0.29, 0.717) is 5.75 Å². The second-order valence-electron chi connectivity index (χ2n) is 4.50. The molecule has 2 aromatic carbocycles. The standard InChI is InChI=1S/C17H18O3S/c1-13(18)20-17(12-21-16-6-4-3-5-7-16)14-8-10-15(19-2)11-9-14/h3-11,17H,12H2,1-2H3. The normalized spacial score (nSPS) is 11.7. The number of carbonyl (C=O) groups is 1. The van der Waals surface area contributed by atoms with Gasteiger partial charge < -0.3 is 9.47 Å². The first-order valence-corrected chi connectivity index (χ1v) is 7.66. The number of rotatable bonds is 6. The van der Waals surface area contributed by atoms with Crippen LogP contribution in [0.1, 0.15) is 18.6 Å². The molecular weight excluding hydrogens is 284 g/mol. The van der Waals surface area contributed by atoms with Gasteiger partial charge in [-0.3, -0.25) is 4.79 Å². The fourth-order valence-electron chi connectivity index (χ4n) is 1.91. The molecule has 1 atom stereocenters. The third-order valence-electron chi connectivity index (χ3n) is 2.94. The minimum atomic E-state index is -0.274. The van der Waals surface area contributed by atoms with Crippen LogP contribution in [0, 0.1) is 0 Å². The fourth-order valence-corrected chi connectivity index (χ4v) is 2.86. The fraction of sp³-hybridized carbons (Fsp3) is 0.235. The van der Waals surface area contributed by atoms with Crippen LogP contribution in [-0.4, -0.2) is 18.8 Å². The van der Waals surface area contributed by atoms with Crippen molar-refractivity contribution in [3.63, 3.8) is 0 Å². The lowest BCUT2D eigenvalue weighted by Crippen LogP contribution is -2.11. The Labute approximate surface area is 129 Å². The molecule has 0 N–H and O–H groups in total. The molecule has 0 radical (unpaired) electrons. The topological polar surface area (TPSA) is 35.5 Å². The number of ether oxygens (including phenoxy) is 2. The Balaban J connectivity index is 2.07. The van der Waals surface area contributed by atoms with Gasteiger partial charge in [0.2, 0.25) is 0 Å². The largest absolute Gasteiger partial charge is 0.497 e. The summed E-state index contributed by atoms with van der Waals surface area (Å²) in [5.74, 6) is 1.19. The Morgan fingerprint density at radius 3 is 2.33 bits per heavy atom. The van der Waals surface area contributed by atoms with Crippen molar-refractivity contribution in [2.24, 2.45) is 0 Å². The molecule has 0 saturated heterocycles. The number of hydrogen-bond donors (Lipinski definition) is 0. The minimum Gasteiger partial charge on any atom is -0.497 e. The Kier molecular flexibility index (Phi) is 5.69. The summed E-state index contributed by atoms with van der Waals surface area (Å²) in [6.45, 7) is 1.43. The summed E-state index contributed by atoms with van der Waals surface area (Å²) < 4.78 is 10.6. The molecule has 2 aromatic rings. The minimum absolute atomic E-state index is 0.265. The molecule has 0 spiro atoms. The molecule has 0 heterocycles. The zero-order valence-corrected chi connectivity index (χ0v) is 12.9. The lowest BCUT2D eigenvalue weighted by atomic mass is 10.1. The third-order valence-corrected chi connectivity index (χ3v) is 4.02. The van der Waals surface area contributed by atoms with E-state index in [9.17, 15) is 4.79 Å². The summed E-state index contributed by atoms with van der Waals surface area (Å²) in [4.78, 5) is 12.5. The maximum Gasteiger partial charge on any atom is 0.303 e. The van der Waals surface area contributed by atoms with Gasteiger partial charge in [-0.2, -0.15) is 0 Å². The van der Waals surface area contributed by atoms with Crippen LogP contribution in [0.25, 0.3) is 0 Å². The summed E-state index contributed by atoms with van der Waals surface area (Å²) in [6.07, 6.45) is -0.265. The van der Waals surface area contributed by atoms with E-state index >= 15 is 0 Å². The van der Waals surface area contributed by atoms with E-state index in [2.05, 4.69) is 0 Å². The maximum atomic E-state index is 11.3. The van der Waals surface area contributed by atoms with Crippen molar-refractivity contribution < 1.29 is 14.3 Å². The van der Waals surface area contributed by atoms with Crippen LogP contribution in [-0.2, 0) is 9.53 Å². The number of benzene rings is 2. The number of esters is 1. The molecule has 110 valence electrons. The Morgan fingerprint density at radius 1 is 1.10 bits per heavy atom. The predicted molar refractivity (Wildman–Crippen MR) is 84.7 cm³/mol. The second-order valence-corrected chi connectivity index (χ2v) is 5.59. The summed E-state index contributed by atoms with van der Waals surface area (Å²) >= 11 is 1.67. The molecule has 0 aliphatic heterocycles. The molecule has 0 bridgehead atoms. The zero-order chi connectivity index (χ0) is 15.1. The maximum absolute atomic E-state index is 11.3. The molecule has 0 amide bonds. The number of thioether (sulfide) groups is 1. The zero-order valence-electron chi connectivity index (χ0n) is 12.1. The molecule has 0 fully saturated rings. The van der Waals surface area contributed by atoms with Gasteiger partial charge in [-0.15, -0.1) is 11.8 Å². The second kappa shape index (κ2) is 7.74. The molecular formula is C17H18O3S. The van der Waals surface area contributed by atoms with E-state index in [-0.39, 0.29) is 12.1 Å². The van der Waals surface area contributed by atoms with E-state index in [1.165, 1.54) is 6.92 Å². The van der Waals surface area contributed by atoms with Gasteiger partial charge in [0, 0.05) is 17.6 Å². The lowest BCUT2D eigenvalue weighted by molar-refractivity contribution is -0.145. The third kappa shape index (κ3) is 4.83. The molecule has 21 heavy (non-hydrogen) atoms.